The fourth-order valence-corrected chi connectivity index (χ4v) is 4.65. The fourth-order valence-electron chi connectivity index (χ4n) is 2.66. The maximum Gasteiger partial charge on any atom is 0.218 e. The van der Waals surface area contributed by atoms with Crippen LogP contribution in [0.15, 0.2) is 0 Å². The highest BCUT2D eigenvalue weighted by atomic mass is 32.2. The highest BCUT2D eigenvalue weighted by Gasteiger charge is 2.34. The van der Waals surface area contributed by atoms with E-state index >= 15 is 0 Å². The van der Waals surface area contributed by atoms with Crippen LogP contribution >= 0.6 is 0 Å². The Kier molecular flexibility index (Phi) is 4.44. The van der Waals surface area contributed by atoms with Gasteiger partial charge in [-0.15, -0.1) is 0 Å². The summed E-state index contributed by atoms with van der Waals surface area (Å²) in [7, 11) is -3.07. The van der Waals surface area contributed by atoms with E-state index in [1.807, 2.05) is 6.92 Å². The van der Waals surface area contributed by atoms with E-state index < -0.39 is 10.0 Å². The van der Waals surface area contributed by atoms with Gasteiger partial charge in [0.25, 0.3) is 0 Å². The minimum absolute atomic E-state index is 0.198. The molecule has 0 radical (unpaired) electrons. The molecule has 1 saturated heterocycles. The van der Waals surface area contributed by atoms with Gasteiger partial charge in [0.2, 0.25) is 10.0 Å². The normalized spacial score (nSPS) is 27.1. The molecule has 0 spiro atoms. The first-order chi connectivity index (χ1) is 8.14. The van der Waals surface area contributed by atoms with Gasteiger partial charge in [-0.3, -0.25) is 0 Å². The largest absolute Gasteiger partial charge is 0.315 e. The molecule has 1 N–H and O–H groups in total. The van der Waals surface area contributed by atoms with Crippen LogP contribution in [0.2, 0.25) is 0 Å². The summed E-state index contributed by atoms with van der Waals surface area (Å²) in [6.45, 7) is 4.90. The topological polar surface area (TPSA) is 49.4 Å². The fraction of sp³-hybridized carbons (Fsp3) is 1.00. The highest BCUT2D eigenvalue weighted by Crippen LogP contribution is 2.29. The van der Waals surface area contributed by atoms with Crippen molar-refractivity contribution in [3.05, 3.63) is 0 Å². The van der Waals surface area contributed by atoms with Gasteiger partial charge in [0.1, 0.15) is 0 Å². The van der Waals surface area contributed by atoms with Gasteiger partial charge < -0.3 is 5.32 Å². The second-order valence-corrected chi connectivity index (χ2v) is 7.47. The first-order valence-electron chi connectivity index (χ1n) is 6.84. The summed E-state index contributed by atoms with van der Waals surface area (Å²) in [5, 5.41) is 3.00. The Balaban J connectivity index is 1.99. The Morgan fingerprint density at radius 2 is 2.00 bits per heavy atom. The molecule has 0 bridgehead atoms. The highest BCUT2D eigenvalue weighted by molar-refractivity contribution is 7.89. The van der Waals surface area contributed by atoms with Crippen LogP contribution in [-0.4, -0.2) is 44.2 Å². The molecule has 100 valence electrons. The van der Waals surface area contributed by atoms with Crippen molar-refractivity contribution in [3.63, 3.8) is 0 Å². The number of piperidine rings is 1. The molecule has 1 saturated carbocycles. The SMILES string of the molecule is CCN(CC1CCC1)S(=O)(=O)C1CCCNC1. The first kappa shape index (κ1) is 13.3. The van der Waals surface area contributed by atoms with Crippen molar-refractivity contribution in [1.29, 1.82) is 0 Å². The molecule has 1 unspecified atom stereocenters. The van der Waals surface area contributed by atoms with Crippen LogP contribution in [0.5, 0.6) is 0 Å². The molecule has 1 heterocycles. The van der Waals surface area contributed by atoms with Crippen molar-refractivity contribution in [1.82, 2.24) is 9.62 Å². The lowest BCUT2D eigenvalue weighted by atomic mass is 9.85. The van der Waals surface area contributed by atoms with Crippen LogP contribution < -0.4 is 5.32 Å². The molecule has 0 amide bonds. The molecule has 1 atom stereocenters. The monoisotopic (exact) mass is 260 g/mol. The van der Waals surface area contributed by atoms with Crippen molar-refractivity contribution in [3.8, 4) is 0 Å². The van der Waals surface area contributed by atoms with Gasteiger partial charge in [-0.1, -0.05) is 13.3 Å². The Labute approximate surface area is 105 Å². The third-order valence-electron chi connectivity index (χ3n) is 4.07. The molecule has 17 heavy (non-hydrogen) atoms. The zero-order valence-electron chi connectivity index (χ0n) is 10.7. The number of nitrogens with zero attached hydrogens (tertiary/aromatic N) is 1. The lowest BCUT2D eigenvalue weighted by Crippen LogP contribution is -2.48. The number of nitrogens with one attached hydrogen (secondary N) is 1. The molecule has 2 rings (SSSR count). The Morgan fingerprint density at radius 3 is 2.47 bits per heavy atom. The van der Waals surface area contributed by atoms with Crippen molar-refractivity contribution in [2.45, 2.75) is 44.3 Å². The summed E-state index contributed by atoms with van der Waals surface area (Å²) in [6, 6.07) is 0. The quantitative estimate of drug-likeness (QED) is 0.808. The van der Waals surface area contributed by atoms with Crippen molar-refractivity contribution in [2.75, 3.05) is 26.2 Å². The van der Waals surface area contributed by atoms with Gasteiger partial charge in [0.15, 0.2) is 0 Å². The van der Waals surface area contributed by atoms with Gasteiger partial charge in [-0.2, -0.15) is 0 Å². The van der Waals surface area contributed by atoms with Crippen molar-refractivity contribution in [2.24, 2.45) is 5.92 Å². The molecule has 0 aromatic rings. The van der Waals surface area contributed by atoms with Gasteiger partial charge in [-0.25, -0.2) is 12.7 Å². The zero-order chi connectivity index (χ0) is 12.3. The molecule has 4 nitrogen and oxygen atoms in total. The van der Waals surface area contributed by atoms with Gasteiger partial charge in [0, 0.05) is 19.6 Å². The van der Waals surface area contributed by atoms with Crippen molar-refractivity contribution >= 4 is 10.0 Å². The van der Waals surface area contributed by atoms with Crippen molar-refractivity contribution < 1.29 is 8.42 Å². The van der Waals surface area contributed by atoms with E-state index in [2.05, 4.69) is 5.32 Å². The third kappa shape index (κ3) is 3.01. The molecular weight excluding hydrogens is 236 g/mol. The van der Waals surface area contributed by atoms with E-state index in [-0.39, 0.29) is 5.25 Å². The predicted octanol–water partition coefficient (Wildman–Crippen LogP) is 1.19. The average Bonchev–Trinajstić information content (AvgIpc) is 2.28. The minimum atomic E-state index is -3.07. The second-order valence-electron chi connectivity index (χ2n) is 5.26. The molecule has 2 fully saturated rings. The molecule has 0 aromatic heterocycles. The summed E-state index contributed by atoms with van der Waals surface area (Å²) in [6.07, 6.45) is 5.47. The van der Waals surface area contributed by atoms with Crippen LogP contribution in [-0.2, 0) is 10.0 Å². The van der Waals surface area contributed by atoms with Crippen LogP contribution in [0, 0.1) is 5.92 Å². The van der Waals surface area contributed by atoms with E-state index in [9.17, 15) is 8.42 Å². The number of rotatable bonds is 5. The number of hydrogen-bond donors (Lipinski definition) is 1. The first-order valence-corrected chi connectivity index (χ1v) is 8.34. The van der Waals surface area contributed by atoms with E-state index in [4.69, 9.17) is 0 Å². The van der Waals surface area contributed by atoms with E-state index in [0.29, 0.717) is 19.0 Å². The van der Waals surface area contributed by atoms with E-state index in [1.54, 1.807) is 4.31 Å². The lowest BCUT2D eigenvalue weighted by Gasteiger charge is -2.34. The van der Waals surface area contributed by atoms with Gasteiger partial charge in [0.05, 0.1) is 5.25 Å². The number of sulfonamides is 1. The van der Waals surface area contributed by atoms with E-state index in [1.165, 1.54) is 19.3 Å². The Morgan fingerprint density at radius 1 is 1.24 bits per heavy atom. The van der Waals surface area contributed by atoms with E-state index in [0.717, 1.165) is 25.9 Å². The summed E-state index contributed by atoms with van der Waals surface area (Å²) in [4.78, 5) is 0. The Hall–Kier alpha value is -0.130. The van der Waals surface area contributed by atoms with Crippen LogP contribution in [0.3, 0.4) is 0 Å². The molecule has 1 aliphatic heterocycles. The molecule has 2 aliphatic rings. The lowest BCUT2D eigenvalue weighted by molar-refractivity contribution is 0.247. The Bertz CT molecular complexity index is 332. The molecule has 1 aliphatic carbocycles. The summed E-state index contributed by atoms with van der Waals surface area (Å²) < 4.78 is 26.7. The summed E-state index contributed by atoms with van der Waals surface area (Å²) in [5.41, 5.74) is 0. The second kappa shape index (κ2) is 5.67. The number of hydrogen-bond acceptors (Lipinski definition) is 3. The average molecular weight is 260 g/mol. The third-order valence-corrected chi connectivity index (χ3v) is 6.44. The van der Waals surface area contributed by atoms with Crippen LogP contribution in [0.1, 0.15) is 39.0 Å². The van der Waals surface area contributed by atoms with Gasteiger partial charge in [-0.05, 0) is 38.1 Å². The molecule has 0 aromatic carbocycles. The smallest absolute Gasteiger partial charge is 0.218 e. The maximum atomic E-state index is 12.5. The predicted molar refractivity (Wildman–Crippen MR) is 69.4 cm³/mol. The maximum absolute atomic E-state index is 12.5. The standard InChI is InChI=1S/C12H24N2O2S/c1-2-14(10-11-5-3-6-11)17(15,16)12-7-4-8-13-9-12/h11-13H,2-10H2,1H3. The zero-order valence-corrected chi connectivity index (χ0v) is 11.5. The summed E-state index contributed by atoms with van der Waals surface area (Å²) >= 11 is 0. The van der Waals surface area contributed by atoms with Crippen LogP contribution in [0.4, 0.5) is 0 Å². The summed E-state index contributed by atoms with van der Waals surface area (Å²) in [5.74, 6) is 0.612. The molecular formula is C12H24N2O2S. The van der Waals surface area contributed by atoms with Crippen LogP contribution in [0.25, 0.3) is 0 Å². The molecule has 5 heteroatoms. The van der Waals surface area contributed by atoms with Gasteiger partial charge >= 0.3 is 0 Å². The minimum Gasteiger partial charge on any atom is -0.315 e.